The van der Waals surface area contributed by atoms with Crippen LogP contribution in [0.4, 0.5) is 5.69 Å². The summed E-state index contributed by atoms with van der Waals surface area (Å²) in [6, 6.07) is 8.65. The molecule has 98 valence electrons. The van der Waals surface area contributed by atoms with Crippen molar-refractivity contribution in [3.8, 4) is 12.3 Å². The number of imide groups is 1. The van der Waals surface area contributed by atoms with E-state index < -0.39 is 0 Å². The number of nitrogens with zero attached hydrogens (tertiary/aromatic N) is 1. The van der Waals surface area contributed by atoms with Crippen molar-refractivity contribution >= 4 is 28.3 Å². The summed E-state index contributed by atoms with van der Waals surface area (Å²) in [6.07, 6.45) is 5.56. The van der Waals surface area contributed by atoms with Crippen molar-refractivity contribution in [2.75, 3.05) is 12.3 Å². The molecule has 0 saturated heterocycles. The lowest BCUT2D eigenvalue weighted by molar-refractivity contribution is 0.0614. The molecule has 0 unspecified atom stereocenters. The highest BCUT2D eigenvalue weighted by Gasteiger charge is 2.32. The Bertz CT molecular complexity index is 765. The van der Waals surface area contributed by atoms with Gasteiger partial charge >= 0.3 is 0 Å². The van der Waals surface area contributed by atoms with Gasteiger partial charge in [-0.3, -0.25) is 14.5 Å². The fourth-order valence-corrected chi connectivity index (χ4v) is 2.55. The highest BCUT2D eigenvalue weighted by atomic mass is 16.2. The van der Waals surface area contributed by atoms with E-state index in [9.17, 15) is 9.59 Å². The summed E-state index contributed by atoms with van der Waals surface area (Å²) in [5, 5.41) is 1.37. The molecule has 2 aromatic rings. The van der Waals surface area contributed by atoms with Crippen molar-refractivity contribution in [2.24, 2.45) is 0 Å². The number of carbonyl (C=O) groups excluding carboxylic acids is 2. The van der Waals surface area contributed by atoms with E-state index in [-0.39, 0.29) is 18.4 Å². The second kappa shape index (κ2) is 4.39. The van der Waals surface area contributed by atoms with Crippen LogP contribution in [-0.4, -0.2) is 23.3 Å². The van der Waals surface area contributed by atoms with E-state index in [4.69, 9.17) is 12.2 Å². The molecule has 0 radical (unpaired) electrons. The Hall–Kier alpha value is -2.80. The molecule has 1 aliphatic heterocycles. The standard InChI is InChI=1S/C16H12N2O2/c1-2-3-9-18-15(19)11-6-4-5-10-13(17)8-7-12(14(10)11)16(18)20/h1,4-8H,3,9,17H2. The molecule has 0 aliphatic carbocycles. The number of nitrogens with two attached hydrogens (primary N) is 1. The Morgan fingerprint density at radius 3 is 2.50 bits per heavy atom. The van der Waals surface area contributed by atoms with Crippen molar-refractivity contribution in [2.45, 2.75) is 6.42 Å². The van der Waals surface area contributed by atoms with Gasteiger partial charge in [-0.2, -0.15) is 0 Å². The Kier molecular flexibility index (Phi) is 2.69. The average Bonchev–Trinajstić information content (AvgIpc) is 2.46. The van der Waals surface area contributed by atoms with Gasteiger partial charge < -0.3 is 5.73 Å². The lowest BCUT2D eigenvalue weighted by Crippen LogP contribution is -2.40. The van der Waals surface area contributed by atoms with E-state index in [1.165, 1.54) is 4.90 Å². The largest absolute Gasteiger partial charge is 0.398 e. The third-order valence-corrected chi connectivity index (χ3v) is 3.51. The first-order chi connectivity index (χ1) is 9.65. The SMILES string of the molecule is C#CCCN1C(=O)c2cccc3c(N)ccc(c23)C1=O. The van der Waals surface area contributed by atoms with Crippen LogP contribution >= 0.6 is 0 Å². The number of carbonyl (C=O) groups is 2. The minimum absolute atomic E-state index is 0.231. The van der Waals surface area contributed by atoms with Crippen LogP contribution in [0.25, 0.3) is 10.8 Å². The minimum atomic E-state index is -0.311. The monoisotopic (exact) mass is 264 g/mol. The molecule has 2 N–H and O–H groups in total. The third-order valence-electron chi connectivity index (χ3n) is 3.51. The van der Waals surface area contributed by atoms with E-state index in [0.29, 0.717) is 28.6 Å². The van der Waals surface area contributed by atoms with Crippen LogP contribution in [0.3, 0.4) is 0 Å². The molecule has 0 bridgehead atoms. The van der Waals surface area contributed by atoms with Gasteiger partial charge in [0.2, 0.25) is 0 Å². The number of anilines is 1. The summed E-state index contributed by atoms with van der Waals surface area (Å²) in [6.45, 7) is 0.231. The summed E-state index contributed by atoms with van der Waals surface area (Å²) in [7, 11) is 0. The molecule has 0 fully saturated rings. The van der Waals surface area contributed by atoms with Crippen molar-refractivity contribution in [3.63, 3.8) is 0 Å². The van der Waals surface area contributed by atoms with Crippen molar-refractivity contribution < 1.29 is 9.59 Å². The maximum absolute atomic E-state index is 12.4. The van der Waals surface area contributed by atoms with Crippen LogP contribution in [-0.2, 0) is 0 Å². The molecule has 0 atom stereocenters. The first kappa shape index (κ1) is 12.2. The lowest BCUT2D eigenvalue weighted by Gasteiger charge is -2.26. The van der Waals surface area contributed by atoms with Gasteiger partial charge in [-0.05, 0) is 18.2 Å². The number of rotatable bonds is 2. The van der Waals surface area contributed by atoms with Crippen molar-refractivity contribution in [1.82, 2.24) is 4.90 Å². The predicted molar refractivity (Wildman–Crippen MR) is 77.2 cm³/mol. The normalized spacial score (nSPS) is 13.7. The second-order valence-electron chi connectivity index (χ2n) is 4.65. The Morgan fingerprint density at radius 2 is 1.80 bits per heavy atom. The molecule has 0 spiro atoms. The van der Waals surface area contributed by atoms with Crippen molar-refractivity contribution in [1.29, 1.82) is 0 Å². The number of hydrogen-bond donors (Lipinski definition) is 1. The fourth-order valence-electron chi connectivity index (χ4n) is 2.55. The van der Waals surface area contributed by atoms with Crippen molar-refractivity contribution in [3.05, 3.63) is 41.5 Å². The quantitative estimate of drug-likeness (QED) is 0.513. The Labute approximate surface area is 116 Å². The molecule has 1 aliphatic rings. The topological polar surface area (TPSA) is 63.4 Å². The van der Waals surface area contributed by atoms with E-state index in [2.05, 4.69) is 5.92 Å². The van der Waals surface area contributed by atoms with E-state index in [0.717, 1.165) is 5.39 Å². The van der Waals surface area contributed by atoms with Gasteiger partial charge in [0.05, 0.1) is 0 Å². The summed E-state index contributed by atoms with van der Waals surface area (Å²) >= 11 is 0. The van der Waals surface area contributed by atoms with Crippen LogP contribution in [0.1, 0.15) is 27.1 Å². The molecule has 2 aromatic carbocycles. The molecular weight excluding hydrogens is 252 g/mol. The van der Waals surface area contributed by atoms with Gasteiger partial charge in [0.25, 0.3) is 11.8 Å². The predicted octanol–water partition coefficient (Wildman–Crippen LogP) is 2.04. The summed E-state index contributed by atoms with van der Waals surface area (Å²) in [4.78, 5) is 26.1. The number of hydrogen-bond acceptors (Lipinski definition) is 3. The van der Waals surface area contributed by atoms with Crippen LogP contribution in [0.2, 0.25) is 0 Å². The summed E-state index contributed by atoms with van der Waals surface area (Å²) in [5.74, 6) is 1.83. The third kappa shape index (κ3) is 1.57. The van der Waals surface area contributed by atoms with Crippen LogP contribution in [0.5, 0.6) is 0 Å². The molecular formula is C16H12N2O2. The highest BCUT2D eigenvalue weighted by Crippen LogP contribution is 2.33. The van der Waals surface area contributed by atoms with Gasteiger partial charge in [-0.1, -0.05) is 12.1 Å². The van der Waals surface area contributed by atoms with E-state index in [1.54, 1.807) is 24.3 Å². The second-order valence-corrected chi connectivity index (χ2v) is 4.65. The molecule has 4 nitrogen and oxygen atoms in total. The van der Waals surface area contributed by atoms with E-state index in [1.807, 2.05) is 6.07 Å². The maximum Gasteiger partial charge on any atom is 0.261 e. The van der Waals surface area contributed by atoms with Crippen LogP contribution in [0.15, 0.2) is 30.3 Å². The lowest BCUT2D eigenvalue weighted by atomic mass is 9.93. The zero-order chi connectivity index (χ0) is 14.3. The molecule has 0 saturated carbocycles. The molecule has 0 aromatic heterocycles. The van der Waals surface area contributed by atoms with Crippen LogP contribution < -0.4 is 5.73 Å². The van der Waals surface area contributed by atoms with Crippen LogP contribution in [0, 0.1) is 12.3 Å². The Balaban J connectivity index is 2.26. The first-order valence-electron chi connectivity index (χ1n) is 6.26. The van der Waals surface area contributed by atoms with E-state index >= 15 is 0 Å². The molecule has 20 heavy (non-hydrogen) atoms. The zero-order valence-electron chi connectivity index (χ0n) is 10.7. The highest BCUT2D eigenvalue weighted by molar-refractivity contribution is 6.26. The van der Waals surface area contributed by atoms with Gasteiger partial charge in [0.15, 0.2) is 0 Å². The average molecular weight is 264 g/mol. The van der Waals surface area contributed by atoms with Gasteiger partial charge in [0.1, 0.15) is 0 Å². The maximum atomic E-state index is 12.4. The first-order valence-corrected chi connectivity index (χ1v) is 6.26. The molecule has 3 rings (SSSR count). The summed E-state index contributed by atoms with van der Waals surface area (Å²) in [5.41, 5.74) is 7.48. The number of amides is 2. The number of terminal acetylenes is 1. The fraction of sp³-hybridized carbons (Fsp3) is 0.125. The van der Waals surface area contributed by atoms with Gasteiger partial charge in [-0.15, -0.1) is 12.3 Å². The number of nitrogen functional groups attached to an aromatic ring is 1. The smallest absolute Gasteiger partial charge is 0.261 e. The van der Waals surface area contributed by atoms with Gasteiger partial charge in [0, 0.05) is 40.6 Å². The van der Waals surface area contributed by atoms with Gasteiger partial charge in [-0.25, -0.2) is 0 Å². The molecule has 2 amide bonds. The Morgan fingerprint density at radius 1 is 1.10 bits per heavy atom. The summed E-state index contributed by atoms with van der Waals surface area (Å²) < 4.78 is 0. The molecule has 4 heteroatoms. The minimum Gasteiger partial charge on any atom is -0.398 e. The zero-order valence-corrected chi connectivity index (χ0v) is 10.7. The number of benzene rings is 2. The molecule has 1 heterocycles.